The molecule has 0 aliphatic rings. The average molecular weight is 113 g/mol. The van der Waals surface area contributed by atoms with E-state index < -0.39 is 12.6 Å². The summed E-state index contributed by atoms with van der Waals surface area (Å²) in [7, 11) is 1.22. The Morgan fingerprint density at radius 3 is 2.29 bits per heavy atom. The van der Waals surface area contributed by atoms with Gasteiger partial charge in [0.25, 0.3) is 0 Å². The molecule has 0 saturated carbocycles. The molecule has 0 fully saturated rings. The third kappa shape index (κ3) is 6.43. The fourth-order valence-electron chi connectivity index (χ4n) is 0.0645. The van der Waals surface area contributed by atoms with Crippen LogP contribution in [0.3, 0.4) is 0 Å². The number of aliphatic hydroxyl groups excluding tert-OH is 1. The molecule has 7 heavy (non-hydrogen) atoms. The molecule has 0 unspecified atom stereocenters. The summed E-state index contributed by atoms with van der Waals surface area (Å²) >= 11 is 0. The summed E-state index contributed by atoms with van der Waals surface area (Å²) in [6, 6.07) is 0. The zero-order chi connectivity index (χ0) is 4.99. The van der Waals surface area contributed by atoms with Crippen molar-refractivity contribution in [3.63, 3.8) is 0 Å². The van der Waals surface area contributed by atoms with E-state index >= 15 is 0 Å². The van der Waals surface area contributed by atoms with E-state index in [1.807, 2.05) is 0 Å². The Balaban J connectivity index is 0. The van der Waals surface area contributed by atoms with Crippen molar-refractivity contribution >= 4 is 35.5 Å². The van der Waals surface area contributed by atoms with E-state index in [0.29, 0.717) is 0 Å². The van der Waals surface area contributed by atoms with Crippen LogP contribution in [0.15, 0.2) is 0 Å². The van der Waals surface area contributed by atoms with Crippen LogP contribution in [0.4, 0.5) is 0 Å². The molecule has 3 nitrogen and oxygen atoms in total. The van der Waals surface area contributed by atoms with Gasteiger partial charge in [0.1, 0.15) is 6.61 Å². The minimum atomic E-state index is -0.602. The Labute approximate surface area is 64.0 Å². The van der Waals surface area contributed by atoms with Crippen molar-refractivity contribution in [1.82, 2.24) is 0 Å². The molecule has 0 aromatic rings. The minimum Gasteiger partial charge on any atom is -0.467 e. The summed E-state index contributed by atoms with van der Waals surface area (Å²) in [6.45, 7) is -0.531. The molecule has 0 aliphatic heterocycles. The Morgan fingerprint density at radius 1 is 1.86 bits per heavy atom. The maximum atomic E-state index is 9.71. The van der Waals surface area contributed by atoms with Gasteiger partial charge in [-0.2, -0.15) is 0 Å². The first-order valence-electron chi connectivity index (χ1n) is 1.49. The molecular weight excluding hydrogens is 107 g/mol. The number of hydrogen-bond acceptors (Lipinski definition) is 3. The van der Waals surface area contributed by atoms with Gasteiger partial charge in [-0.05, 0) is 0 Å². The van der Waals surface area contributed by atoms with Gasteiger partial charge >= 0.3 is 5.97 Å². The second-order valence-electron chi connectivity index (χ2n) is 0.734. The SMILES string of the molecule is COC(=O)CO.[Na]. The van der Waals surface area contributed by atoms with Crippen LogP contribution in [-0.4, -0.2) is 54.3 Å². The zero-order valence-corrected chi connectivity index (χ0v) is 6.47. The van der Waals surface area contributed by atoms with Crippen LogP contribution in [0.5, 0.6) is 0 Å². The number of rotatable bonds is 1. The quantitative estimate of drug-likeness (QED) is 0.342. The molecule has 0 heterocycles. The monoisotopic (exact) mass is 113 g/mol. The number of hydrogen-bond donors (Lipinski definition) is 1. The van der Waals surface area contributed by atoms with E-state index in [1.165, 1.54) is 7.11 Å². The predicted molar refractivity (Wildman–Crippen MR) is 24.9 cm³/mol. The molecule has 4 heteroatoms. The number of carbonyl (C=O) groups is 1. The van der Waals surface area contributed by atoms with Crippen molar-refractivity contribution in [2.24, 2.45) is 0 Å². The van der Waals surface area contributed by atoms with Crippen LogP contribution in [0.1, 0.15) is 0 Å². The second-order valence-corrected chi connectivity index (χ2v) is 0.734. The molecule has 0 amide bonds. The van der Waals surface area contributed by atoms with Crippen LogP contribution in [0.25, 0.3) is 0 Å². The van der Waals surface area contributed by atoms with Crippen LogP contribution < -0.4 is 0 Å². The van der Waals surface area contributed by atoms with Crippen LogP contribution in [0.2, 0.25) is 0 Å². The van der Waals surface area contributed by atoms with E-state index in [9.17, 15) is 4.79 Å². The van der Waals surface area contributed by atoms with Crippen molar-refractivity contribution in [3.05, 3.63) is 0 Å². The van der Waals surface area contributed by atoms with Crippen LogP contribution >= 0.6 is 0 Å². The van der Waals surface area contributed by atoms with Gasteiger partial charge < -0.3 is 9.84 Å². The van der Waals surface area contributed by atoms with Gasteiger partial charge in [0.2, 0.25) is 0 Å². The maximum Gasteiger partial charge on any atom is 0.331 e. The summed E-state index contributed by atoms with van der Waals surface area (Å²) in [4.78, 5) is 9.71. The number of esters is 1. The molecule has 1 N–H and O–H groups in total. The first-order chi connectivity index (χ1) is 2.81. The number of carbonyl (C=O) groups excluding carboxylic acids is 1. The van der Waals surface area contributed by atoms with Gasteiger partial charge in [0.05, 0.1) is 7.11 Å². The van der Waals surface area contributed by atoms with Crippen LogP contribution in [-0.2, 0) is 9.53 Å². The van der Waals surface area contributed by atoms with Gasteiger partial charge in [-0.15, -0.1) is 0 Å². The standard InChI is InChI=1S/C3H6O3.Na/c1-6-3(5)2-4;/h4H,2H2,1H3;. The summed E-state index contributed by atoms with van der Waals surface area (Å²) < 4.78 is 4.01. The van der Waals surface area contributed by atoms with Crippen molar-refractivity contribution in [1.29, 1.82) is 0 Å². The van der Waals surface area contributed by atoms with E-state index in [-0.39, 0.29) is 29.6 Å². The maximum absolute atomic E-state index is 9.71. The zero-order valence-electron chi connectivity index (χ0n) is 4.47. The third-order valence-corrected chi connectivity index (χ3v) is 0.357. The molecule has 0 spiro atoms. The second kappa shape index (κ2) is 6.43. The van der Waals surface area contributed by atoms with E-state index in [2.05, 4.69) is 4.74 Å². The Kier molecular flexibility index (Phi) is 9.57. The Hall–Kier alpha value is 0.430. The van der Waals surface area contributed by atoms with E-state index in [1.54, 1.807) is 0 Å². The summed E-state index contributed by atoms with van der Waals surface area (Å²) in [5, 5.41) is 7.86. The average Bonchev–Trinajstić information content (AvgIpc) is 1.65. The topological polar surface area (TPSA) is 46.5 Å². The van der Waals surface area contributed by atoms with Gasteiger partial charge in [0, 0.05) is 29.6 Å². The fraction of sp³-hybridized carbons (Fsp3) is 0.667. The van der Waals surface area contributed by atoms with Gasteiger partial charge in [-0.3, -0.25) is 0 Å². The van der Waals surface area contributed by atoms with E-state index in [4.69, 9.17) is 5.11 Å². The molecule has 0 bridgehead atoms. The number of ether oxygens (including phenoxy) is 1. The predicted octanol–water partition coefficient (Wildman–Crippen LogP) is -1.23. The molecule has 0 aliphatic carbocycles. The molecular formula is C3H6NaO3. The van der Waals surface area contributed by atoms with Gasteiger partial charge in [-0.25, -0.2) is 4.79 Å². The van der Waals surface area contributed by atoms with Crippen molar-refractivity contribution in [3.8, 4) is 0 Å². The van der Waals surface area contributed by atoms with Crippen molar-refractivity contribution in [2.45, 2.75) is 0 Å². The number of methoxy groups -OCH3 is 1. The smallest absolute Gasteiger partial charge is 0.331 e. The number of aliphatic hydroxyl groups is 1. The van der Waals surface area contributed by atoms with Crippen molar-refractivity contribution in [2.75, 3.05) is 13.7 Å². The molecule has 0 atom stereocenters. The largest absolute Gasteiger partial charge is 0.467 e. The summed E-state index contributed by atoms with van der Waals surface area (Å²) in [5.41, 5.74) is 0. The third-order valence-electron chi connectivity index (χ3n) is 0.357. The molecule has 0 rings (SSSR count). The molecule has 37 valence electrons. The fourth-order valence-corrected chi connectivity index (χ4v) is 0.0645. The van der Waals surface area contributed by atoms with Crippen LogP contribution in [0, 0.1) is 0 Å². The van der Waals surface area contributed by atoms with E-state index in [0.717, 1.165) is 0 Å². The first kappa shape index (κ1) is 10.4. The molecule has 0 aromatic heterocycles. The van der Waals surface area contributed by atoms with Gasteiger partial charge in [-0.1, -0.05) is 0 Å². The molecule has 1 radical (unpaired) electrons. The summed E-state index contributed by atoms with van der Waals surface area (Å²) in [5.74, 6) is -0.602. The normalized spacial score (nSPS) is 6.57. The Bertz CT molecular complexity index is 48.1. The Morgan fingerprint density at radius 2 is 2.29 bits per heavy atom. The first-order valence-corrected chi connectivity index (χ1v) is 1.49. The minimum absolute atomic E-state index is 0. The van der Waals surface area contributed by atoms with Crippen molar-refractivity contribution < 1.29 is 14.6 Å². The molecule has 0 aromatic carbocycles. The molecule has 0 saturated heterocycles. The summed E-state index contributed by atoms with van der Waals surface area (Å²) in [6.07, 6.45) is 0. The van der Waals surface area contributed by atoms with Gasteiger partial charge in [0.15, 0.2) is 0 Å².